The van der Waals surface area contributed by atoms with Gasteiger partial charge in [0.25, 0.3) is 0 Å². The molecule has 1 aliphatic rings. The second kappa shape index (κ2) is 10.1. The molecule has 24 heavy (non-hydrogen) atoms. The molecule has 0 fully saturated rings. The van der Waals surface area contributed by atoms with Crippen LogP contribution in [0.2, 0.25) is 0 Å². The Hall–Kier alpha value is -1.84. The smallest absolute Gasteiger partial charge is 0.120 e. The van der Waals surface area contributed by atoms with Gasteiger partial charge in [-0.3, -0.25) is 0 Å². The Balaban J connectivity index is 0.000000671. The first-order valence-corrected chi connectivity index (χ1v) is 8.94. The van der Waals surface area contributed by atoms with E-state index in [1.165, 1.54) is 0 Å². The highest BCUT2D eigenvalue weighted by molar-refractivity contribution is 5.42. The number of hydrogen-bond acceptors (Lipinski definition) is 3. The van der Waals surface area contributed by atoms with Gasteiger partial charge in [0.05, 0.1) is 0 Å². The van der Waals surface area contributed by atoms with Crippen LogP contribution >= 0.6 is 0 Å². The van der Waals surface area contributed by atoms with Gasteiger partial charge in [0.2, 0.25) is 0 Å². The molecule has 3 rings (SSSR count). The fourth-order valence-corrected chi connectivity index (χ4v) is 2.75. The van der Waals surface area contributed by atoms with E-state index in [1.54, 1.807) is 0 Å². The van der Waals surface area contributed by atoms with Gasteiger partial charge in [0.15, 0.2) is 0 Å². The van der Waals surface area contributed by atoms with E-state index in [0.29, 0.717) is 13.0 Å². The number of hydrogen-bond donors (Lipinski definition) is 2. The standard InChI is InChI=1S/C17H19NO2.2C2H6/c18-12-17(19)9-8-14-10-15(6-7-16(14)17)20-11-13-4-2-1-3-5-13;2*1-2/h1-7,10,19H,8-9,11-12,18H2;2*1-2H3. The molecule has 0 radical (unpaired) electrons. The zero-order chi connectivity index (χ0) is 18.0. The molecule has 0 spiro atoms. The maximum atomic E-state index is 10.4. The molecule has 0 amide bonds. The van der Waals surface area contributed by atoms with E-state index in [0.717, 1.165) is 28.9 Å². The largest absolute Gasteiger partial charge is 0.489 e. The van der Waals surface area contributed by atoms with Crippen molar-refractivity contribution in [2.75, 3.05) is 6.54 Å². The first-order chi connectivity index (χ1) is 11.7. The van der Waals surface area contributed by atoms with Crippen LogP contribution in [0.3, 0.4) is 0 Å². The Bertz CT molecular complexity index is 598. The summed E-state index contributed by atoms with van der Waals surface area (Å²) in [7, 11) is 0. The van der Waals surface area contributed by atoms with Crippen LogP contribution in [0.4, 0.5) is 0 Å². The molecule has 2 aromatic carbocycles. The summed E-state index contributed by atoms with van der Waals surface area (Å²) < 4.78 is 5.81. The molecule has 1 atom stereocenters. The molecule has 3 N–H and O–H groups in total. The SMILES string of the molecule is CC.CC.NCC1(O)CCc2cc(OCc3ccccc3)ccc21. The van der Waals surface area contributed by atoms with E-state index in [-0.39, 0.29) is 6.54 Å². The van der Waals surface area contributed by atoms with Crippen molar-refractivity contribution < 1.29 is 9.84 Å². The average Bonchev–Trinajstić information content (AvgIpc) is 3.01. The van der Waals surface area contributed by atoms with Crippen molar-refractivity contribution in [3.05, 3.63) is 65.2 Å². The van der Waals surface area contributed by atoms with E-state index >= 15 is 0 Å². The summed E-state index contributed by atoms with van der Waals surface area (Å²) >= 11 is 0. The lowest BCUT2D eigenvalue weighted by atomic mass is 9.96. The van der Waals surface area contributed by atoms with Crippen molar-refractivity contribution in [2.45, 2.75) is 52.7 Å². The van der Waals surface area contributed by atoms with Crippen LogP contribution in [0.5, 0.6) is 5.75 Å². The first-order valence-electron chi connectivity index (χ1n) is 8.94. The summed E-state index contributed by atoms with van der Waals surface area (Å²) in [4.78, 5) is 0. The highest BCUT2D eigenvalue weighted by Crippen LogP contribution is 2.37. The number of aliphatic hydroxyl groups is 1. The highest BCUT2D eigenvalue weighted by atomic mass is 16.5. The zero-order valence-corrected chi connectivity index (χ0v) is 15.4. The number of rotatable bonds is 4. The highest BCUT2D eigenvalue weighted by Gasteiger charge is 2.35. The van der Waals surface area contributed by atoms with Crippen molar-refractivity contribution in [1.82, 2.24) is 0 Å². The van der Waals surface area contributed by atoms with Gasteiger partial charge in [-0.15, -0.1) is 0 Å². The Kier molecular flexibility index (Phi) is 8.51. The van der Waals surface area contributed by atoms with Crippen LogP contribution in [-0.4, -0.2) is 11.7 Å². The monoisotopic (exact) mass is 329 g/mol. The quantitative estimate of drug-likeness (QED) is 0.873. The second-order valence-corrected chi connectivity index (χ2v) is 5.33. The summed E-state index contributed by atoms with van der Waals surface area (Å²) in [5.74, 6) is 0.842. The molecule has 0 heterocycles. The predicted octanol–water partition coefficient (Wildman–Crippen LogP) is 4.41. The summed E-state index contributed by atoms with van der Waals surface area (Å²) in [6, 6.07) is 16.0. The molecule has 3 heteroatoms. The number of ether oxygens (including phenoxy) is 1. The third-order valence-electron chi connectivity index (χ3n) is 3.97. The lowest BCUT2D eigenvalue weighted by Crippen LogP contribution is -2.32. The Morgan fingerprint density at radius 1 is 1.04 bits per heavy atom. The Morgan fingerprint density at radius 3 is 2.33 bits per heavy atom. The molecule has 2 aromatic rings. The van der Waals surface area contributed by atoms with Gasteiger partial charge in [-0.1, -0.05) is 64.1 Å². The van der Waals surface area contributed by atoms with E-state index < -0.39 is 5.60 Å². The normalized spacial score (nSPS) is 17.8. The summed E-state index contributed by atoms with van der Waals surface area (Å²) in [6.07, 6.45) is 1.55. The van der Waals surface area contributed by atoms with Crippen LogP contribution in [0.1, 0.15) is 50.8 Å². The molecule has 1 aliphatic carbocycles. The maximum Gasteiger partial charge on any atom is 0.120 e. The summed E-state index contributed by atoms with van der Waals surface area (Å²) in [6.45, 7) is 8.82. The first kappa shape index (κ1) is 20.2. The van der Waals surface area contributed by atoms with Gasteiger partial charge in [-0.05, 0) is 41.7 Å². The third kappa shape index (κ3) is 4.83. The van der Waals surface area contributed by atoms with E-state index in [4.69, 9.17) is 10.5 Å². The van der Waals surface area contributed by atoms with Gasteiger partial charge in [-0.25, -0.2) is 0 Å². The maximum absolute atomic E-state index is 10.4. The lowest BCUT2D eigenvalue weighted by Gasteiger charge is -2.21. The minimum atomic E-state index is -0.854. The molecule has 0 aromatic heterocycles. The molecule has 0 bridgehead atoms. The van der Waals surface area contributed by atoms with Crippen LogP contribution < -0.4 is 10.5 Å². The fourth-order valence-electron chi connectivity index (χ4n) is 2.75. The van der Waals surface area contributed by atoms with E-state index in [9.17, 15) is 5.11 Å². The molecule has 132 valence electrons. The lowest BCUT2D eigenvalue weighted by molar-refractivity contribution is 0.0481. The summed E-state index contributed by atoms with van der Waals surface area (Å²) in [5, 5.41) is 10.4. The topological polar surface area (TPSA) is 55.5 Å². The van der Waals surface area contributed by atoms with Crippen molar-refractivity contribution in [3.8, 4) is 5.75 Å². The number of fused-ring (bicyclic) bond motifs is 1. The van der Waals surface area contributed by atoms with Crippen molar-refractivity contribution in [2.24, 2.45) is 5.73 Å². The van der Waals surface area contributed by atoms with E-state index in [2.05, 4.69) is 0 Å². The second-order valence-electron chi connectivity index (χ2n) is 5.33. The van der Waals surface area contributed by atoms with Gasteiger partial charge in [0, 0.05) is 6.54 Å². The molecular formula is C21H31NO2. The van der Waals surface area contributed by atoms with Crippen LogP contribution in [0, 0.1) is 0 Å². The third-order valence-corrected chi connectivity index (χ3v) is 3.97. The minimum absolute atomic E-state index is 0.268. The fraction of sp³-hybridized carbons (Fsp3) is 0.429. The van der Waals surface area contributed by atoms with Crippen molar-refractivity contribution in [1.29, 1.82) is 0 Å². The van der Waals surface area contributed by atoms with Crippen LogP contribution in [0.15, 0.2) is 48.5 Å². The van der Waals surface area contributed by atoms with Gasteiger partial charge in [0.1, 0.15) is 18.0 Å². The number of benzene rings is 2. The molecular weight excluding hydrogens is 298 g/mol. The number of nitrogens with two attached hydrogens (primary N) is 1. The predicted molar refractivity (Wildman–Crippen MR) is 101 cm³/mol. The van der Waals surface area contributed by atoms with Crippen molar-refractivity contribution in [3.63, 3.8) is 0 Å². The molecule has 0 saturated carbocycles. The van der Waals surface area contributed by atoms with Gasteiger partial charge < -0.3 is 15.6 Å². The summed E-state index contributed by atoms with van der Waals surface area (Å²) in [5.41, 5.74) is 8.06. The van der Waals surface area contributed by atoms with Crippen molar-refractivity contribution >= 4 is 0 Å². The molecule has 0 aliphatic heterocycles. The van der Waals surface area contributed by atoms with Crippen LogP contribution in [0.25, 0.3) is 0 Å². The van der Waals surface area contributed by atoms with Gasteiger partial charge >= 0.3 is 0 Å². The minimum Gasteiger partial charge on any atom is -0.489 e. The molecule has 1 unspecified atom stereocenters. The van der Waals surface area contributed by atoms with Gasteiger partial charge in [-0.2, -0.15) is 0 Å². The zero-order valence-electron chi connectivity index (χ0n) is 15.4. The number of aryl methyl sites for hydroxylation is 1. The van der Waals surface area contributed by atoms with E-state index in [1.807, 2.05) is 76.2 Å². The molecule has 0 saturated heterocycles. The Labute approximate surface area is 146 Å². The average molecular weight is 329 g/mol. The Morgan fingerprint density at radius 2 is 1.71 bits per heavy atom. The van der Waals surface area contributed by atoms with Crippen LogP contribution in [-0.2, 0) is 18.6 Å². The molecule has 3 nitrogen and oxygen atoms in total.